The zero-order chi connectivity index (χ0) is 14.5. The largest absolute Gasteiger partial charge is 0.435 e. The van der Waals surface area contributed by atoms with Gasteiger partial charge in [0.1, 0.15) is 5.75 Å². The fourth-order valence-electron chi connectivity index (χ4n) is 2.92. The lowest BCUT2D eigenvalue weighted by atomic mass is 9.85. The number of hydrogen-bond acceptors (Lipinski definition) is 2. The van der Waals surface area contributed by atoms with Crippen molar-refractivity contribution in [1.29, 1.82) is 0 Å². The molecule has 0 radical (unpaired) electrons. The highest BCUT2D eigenvalue weighted by Crippen LogP contribution is 2.27. The molecule has 0 aliphatic heterocycles. The van der Waals surface area contributed by atoms with E-state index in [0.29, 0.717) is 12.0 Å². The number of halogens is 2. The molecule has 3 unspecified atom stereocenters. The van der Waals surface area contributed by atoms with E-state index in [1.165, 1.54) is 25.7 Å². The van der Waals surface area contributed by atoms with Crippen molar-refractivity contribution in [3.05, 3.63) is 29.8 Å². The van der Waals surface area contributed by atoms with E-state index < -0.39 is 6.61 Å². The van der Waals surface area contributed by atoms with E-state index in [1.807, 2.05) is 12.1 Å². The fourth-order valence-corrected chi connectivity index (χ4v) is 2.92. The summed E-state index contributed by atoms with van der Waals surface area (Å²) in [6, 6.07) is 7.68. The number of rotatable bonds is 5. The van der Waals surface area contributed by atoms with Crippen LogP contribution in [0.1, 0.15) is 51.1 Å². The molecule has 112 valence electrons. The summed E-state index contributed by atoms with van der Waals surface area (Å²) in [4.78, 5) is 0. The SMILES string of the molecule is CC(NC1CCCCC1C)c1ccc(OC(F)F)cc1. The van der Waals surface area contributed by atoms with Crippen molar-refractivity contribution in [1.82, 2.24) is 5.32 Å². The van der Waals surface area contributed by atoms with Gasteiger partial charge in [-0.15, -0.1) is 0 Å². The van der Waals surface area contributed by atoms with Crippen LogP contribution in [0, 0.1) is 5.92 Å². The first-order valence-corrected chi connectivity index (χ1v) is 7.37. The molecular formula is C16H23F2NO. The molecule has 1 N–H and O–H groups in total. The Morgan fingerprint density at radius 1 is 1.15 bits per heavy atom. The van der Waals surface area contributed by atoms with E-state index in [4.69, 9.17) is 0 Å². The number of alkyl halides is 2. The van der Waals surface area contributed by atoms with Gasteiger partial charge in [0.15, 0.2) is 0 Å². The molecule has 1 fully saturated rings. The highest BCUT2D eigenvalue weighted by atomic mass is 19.3. The van der Waals surface area contributed by atoms with Crippen molar-refractivity contribution < 1.29 is 13.5 Å². The molecule has 1 aromatic carbocycles. The van der Waals surface area contributed by atoms with Crippen LogP contribution in [0.15, 0.2) is 24.3 Å². The van der Waals surface area contributed by atoms with E-state index in [2.05, 4.69) is 23.9 Å². The van der Waals surface area contributed by atoms with Gasteiger partial charge in [0.2, 0.25) is 0 Å². The zero-order valence-corrected chi connectivity index (χ0v) is 12.1. The molecule has 2 nitrogen and oxygen atoms in total. The Morgan fingerprint density at radius 2 is 1.80 bits per heavy atom. The Hall–Kier alpha value is -1.16. The van der Waals surface area contributed by atoms with Gasteiger partial charge in [-0.3, -0.25) is 0 Å². The minimum absolute atomic E-state index is 0.210. The molecule has 0 heterocycles. The van der Waals surface area contributed by atoms with Crippen LogP contribution in [0.3, 0.4) is 0 Å². The van der Waals surface area contributed by atoms with E-state index in [9.17, 15) is 8.78 Å². The molecule has 1 aromatic rings. The van der Waals surface area contributed by atoms with Crippen LogP contribution >= 0.6 is 0 Å². The topological polar surface area (TPSA) is 21.3 Å². The second-order valence-electron chi connectivity index (χ2n) is 5.70. The first-order chi connectivity index (χ1) is 9.56. The molecule has 20 heavy (non-hydrogen) atoms. The summed E-state index contributed by atoms with van der Waals surface area (Å²) in [6.45, 7) is 1.65. The molecule has 0 aromatic heterocycles. The lowest BCUT2D eigenvalue weighted by molar-refractivity contribution is -0.0498. The van der Waals surface area contributed by atoms with Crippen molar-refractivity contribution in [3.63, 3.8) is 0 Å². The summed E-state index contributed by atoms with van der Waals surface area (Å²) >= 11 is 0. The Morgan fingerprint density at radius 3 is 2.40 bits per heavy atom. The molecule has 1 aliphatic rings. The first kappa shape index (κ1) is 15.2. The van der Waals surface area contributed by atoms with Crippen molar-refractivity contribution >= 4 is 0 Å². The molecule has 3 atom stereocenters. The smallest absolute Gasteiger partial charge is 0.387 e. The average Bonchev–Trinajstić information content (AvgIpc) is 2.41. The summed E-state index contributed by atoms with van der Waals surface area (Å²) in [5.41, 5.74) is 1.10. The van der Waals surface area contributed by atoms with Crippen LogP contribution in [-0.4, -0.2) is 12.7 Å². The molecule has 1 aliphatic carbocycles. The van der Waals surface area contributed by atoms with Crippen LogP contribution in [0.4, 0.5) is 8.78 Å². The minimum Gasteiger partial charge on any atom is -0.435 e. The number of nitrogens with one attached hydrogen (secondary N) is 1. The maximum absolute atomic E-state index is 12.1. The summed E-state index contributed by atoms with van der Waals surface area (Å²) in [5.74, 6) is 0.912. The van der Waals surface area contributed by atoms with Crippen LogP contribution in [0.2, 0.25) is 0 Å². The standard InChI is InChI=1S/C16H23F2NO/c1-11-5-3-4-6-15(11)19-12(2)13-7-9-14(10-8-13)20-16(17)18/h7-12,15-16,19H,3-6H2,1-2H3. The molecule has 2 rings (SSSR count). The second-order valence-corrected chi connectivity index (χ2v) is 5.70. The lowest BCUT2D eigenvalue weighted by Gasteiger charge is -2.32. The maximum atomic E-state index is 12.1. The Labute approximate surface area is 119 Å². The fraction of sp³-hybridized carbons (Fsp3) is 0.625. The lowest BCUT2D eigenvalue weighted by Crippen LogP contribution is -2.38. The Kier molecular flexibility index (Phi) is 5.35. The highest BCUT2D eigenvalue weighted by Gasteiger charge is 2.22. The monoisotopic (exact) mass is 283 g/mol. The van der Waals surface area contributed by atoms with Gasteiger partial charge >= 0.3 is 6.61 Å². The van der Waals surface area contributed by atoms with E-state index in [-0.39, 0.29) is 11.8 Å². The van der Waals surface area contributed by atoms with Gasteiger partial charge in [0.05, 0.1) is 0 Å². The maximum Gasteiger partial charge on any atom is 0.387 e. The van der Waals surface area contributed by atoms with Crippen LogP contribution in [0.5, 0.6) is 5.75 Å². The minimum atomic E-state index is -2.76. The first-order valence-electron chi connectivity index (χ1n) is 7.37. The van der Waals surface area contributed by atoms with Gasteiger partial charge in [-0.1, -0.05) is 31.9 Å². The third kappa shape index (κ3) is 4.17. The van der Waals surface area contributed by atoms with Gasteiger partial charge in [0, 0.05) is 12.1 Å². The van der Waals surface area contributed by atoms with Gasteiger partial charge < -0.3 is 10.1 Å². The molecular weight excluding hydrogens is 260 g/mol. The normalized spacial score (nSPS) is 24.6. The van der Waals surface area contributed by atoms with E-state index >= 15 is 0 Å². The van der Waals surface area contributed by atoms with Gasteiger partial charge in [-0.2, -0.15) is 8.78 Å². The summed E-state index contributed by atoms with van der Waals surface area (Å²) in [6.07, 6.45) is 5.12. The summed E-state index contributed by atoms with van der Waals surface area (Å²) in [7, 11) is 0. The van der Waals surface area contributed by atoms with Crippen LogP contribution in [-0.2, 0) is 0 Å². The van der Waals surface area contributed by atoms with Crippen molar-refractivity contribution in [2.75, 3.05) is 0 Å². The zero-order valence-electron chi connectivity index (χ0n) is 12.1. The number of benzene rings is 1. The van der Waals surface area contributed by atoms with Gasteiger partial charge in [0.25, 0.3) is 0 Å². The average molecular weight is 283 g/mol. The predicted octanol–water partition coefficient (Wildman–Crippen LogP) is 4.52. The Bertz CT molecular complexity index is 407. The predicted molar refractivity (Wildman–Crippen MR) is 76.0 cm³/mol. The molecule has 0 spiro atoms. The third-order valence-electron chi connectivity index (χ3n) is 4.18. The molecule has 0 bridgehead atoms. The Balaban J connectivity index is 1.93. The van der Waals surface area contributed by atoms with Crippen LogP contribution in [0.25, 0.3) is 0 Å². The number of ether oxygens (including phenoxy) is 1. The van der Waals surface area contributed by atoms with Gasteiger partial charge in [-0.25, -0.2) is 0 Å². The highest BCUT2D eigenvalue weighted by molar-refractivity contribution is 5.29. The molecule has 0 saturated heterocycles. The number of hydrogen-bond donors (Lipinski definition) is 1. The molecule has 0 amide bonds. The quantitative estimate of drug-likeness (QED) is 0.858. The van der Waals surface area contributed by atoms with E-state index in [0.717, 1.165) is 5.56 Å². The van der Waals surface area contributed by atoms with Gasteiger partial charge in [-0.05, 0) is 43.4 Å². The van der Waals surface area contributed by atoms with E-state index in [1.54, 1.807) is 12.1 Å². The molecule has 1 saturated carbocycles. The molecule has 4 heteroatoms. The van der Waals surface area contributed by atoms with Crippen LogP contribution < -0.4 is 10.1 Å². The summed E-state index contributed by atoms with van der Waals surface area (Å²) < 4.78 is 28.6. The summed E-state index contributed by atoms with van der Waals surface area (Å²) in [5, 5.41) is 3.66. The third-order valence-corrected chi connectivity index (χ3v) is 4.18. The van der Waals surface area contributed by atoms with Crippen molar-refractivity contribution in [3.8, 4) is 5.75 Å². The van der Waals surface area contributed by atoms with Crippen molar-refractivity contribution in [2.45, 2.75) is 58.2 Å². The second kappa shape index (κ2) is 7.02. The van der Waals surface area contributed by atoms with Crippen molar-refractivity contribution in [2.24, 2.45) is 5.92 Å².